The lowest BCUT2D eigenvalue weighted by molar-refractivity contribution is 0.447. The molecule has 0 bridgehead atoms. The predicted octanol–water partition coefficient (Wildman–Crippen LogP) is 36.5. The summed E-state index contributed by atoms with van der Waals surface area (Å²) in [7, 11) is 0. The van der Waals surface area contributed by atoms with Crippen molar-refractivity contribution in [3.8, 4) is 101 Å². The molecular weight excluding hydrogens is 1710 g/mol. The van der Waals surface area contributed by atoms with Crippen LogP contribution < -0.4 is 19.3 Å². The van der Waals surface area contributed by atoms with Crippen molar-refractivity contribution in [2.45, 2.75) is 49.4 Å². The van der Waals surface area contributed by atoms with Crippen LogP contribution in [0.3, 0.4) is 0 Å². The quantitative estimate of drug-likeness (QED) is 0.144. The fourth-order valence-electron chi connectivity index (χ4n) is 25.8. The first-order chi connectivity index (χ1) is 67.9. The van der Waals surface area contributed by atoms with E-state index in [9.17, 15) is 0 Å². The highest BCUT2D eigenvalue weighted by Gasteiger charge is 2.55. The van der Waals surface area contributed by atoms with E-state index in [4.69, 9.17) is 9.47 Å². The maximum atomic E-state index is 7.87. The summed E-state index contributed by atoms with van der Waals surface area (Å²) in [6, 6.07) is 166. The van der Waals surface area contributed by atoms with E-state index in [1.807, 2.05) is 22.7 Å². The molecule has 4 aliphatic carbocycles. The van der Waals surface area contributed by atoms with Gasteiger partial charge in [0.25, 0.3) is 0 Å². The Morgan fingerprint density at radius 1 is 0.203 bits per heavy atom. The summed E-state index contributed by atoms with van der Waals surface area (Å²) in [5.74, 6) is 3.58. The van der Waals surface area contributed by atoms with Crippen LogP contribution >= 0.6 is 22.7 Å². The molecule has 4 nitrogen and oxygen atoms in total. The van der Waals surface area contributed by atoms with E-state index in [1.165, 1.54) is 146 Å². The van der Waals surface area contributed by atoms with Crippen LogP contribution in [0.15, 0.2) is 437 Å². The standard InChI is InChI=1S/C132H84N2O2S2/c1-129(2)105-40-16-11-31-95(105)102-74-86(63-70-107(102)129)133(87-65-72-119-104(76-87)97-33-15-20-47-118(97)137-119)84-59-51-80(52-60-84)89-36-23-45-112-122(89)99-35-14-19-43-110(99)132(112)115-68-57-79-27-7-10-30-93(79)126(115)136-127-101-73-83(50-49-82(101)58-69-116(127)132)94-38-21-39-100-123-117(46-24-48-120(123)138-128(94)100)134(88-64-71-108-103(75-88)96-32-12-17-41-106(96)130(108,3)4)85-61-53-81(54-62-85)90-37-22-44-111-121(90)98-34-13-18-42-109(98)131(111)113-66-55-77-25-5-8-28-91(77)124(113)135-125-92-29-9-6-26-78(92)56-67-114(125)131/h5-76H,1-4H3. The van der Waals surface area contributed by atoms with Crippen molar-refractivity contribution in [3.63, 3.8) is 0 Å². The molecule has 22 aromatic carbocycles. The SMILES string of the molecule is CC1(C)c2ccccc2-c2cc(N(c3ccc(-c4cccc5c4-c4ccccc4C54c5ccc6ccccc6c5Oc5c4ccc4ccc(-c6cccc7c6sc6cccc(N(c8ccc(-c9cccc%10c9-c9ccccc9C%109c%10ccc%11ccccc%11c%10Oc%10c9ccc9ccccc%109)cc8)c8ccc9c(c8)-c8ccccc8C9(C)C)c67)cc54)cc3)c3ccc4sc5ccccc5c4c3)ccc21. The van der Waals surface area contributed by atoms with Crippen molar-refractivity contribution in [2.24, 2.45) is 0 Å². The largest absolute Gasteiger partial charge is 0.455 e. The third-order valence-electron chi connectivity index (χ3n) is 32.0. The van der Waals surface area contributed by atoms with Crippen molar-refractivity contribution in [3.05, 3.63) is 504 Å². The number of thiophene rings is 2. The molecule has 4 heterocycles. The summed E-state index contributed by atoms with van der Waals surface area (Å²) in [6.07, 6.45) is 0. The molecular formula is C132H84N2O2S2. The van der Waals surface area contributed by atoms with Gasteiger partial charge in [0.15, 0.2) is 0 Å². The molecule has 2 aliphatic heterocycles. The lowest BCUT2D eigenvalue weighted by atomic mass is 9.65. The van der Waals surface area contributed by atoms with Gasteiger partial charge in [-0.15, -0.1) is 22.7 Å². The summed E-state index contributed by atoms with van der Waals surface area (Å²) >= 11 is 3.74. The van der Waals surface area contributed by atoms with Crippen LogP contribution in [0.4, 0.5) is 34.1 Å². The second-order valence-corrected chi connectivity index (χ2v) is 41.5. The highest BCUT2D eigenvalue weighted by molar-refractivity contribution is 7.26. The van der Waals surface area contributed by atoms with Gasteiger partial charge in [0, 0.05) is 123 Å². The van der Waals surface area contributed by atoms with Crippen molar-refractivity contribution < 1.29 is 9.47 Å². The average molecular weight is 1790 g/mol. The molecule has 6 aliphatic rings. The summed E-state index contributed by atoms with van der Waals surface area (Å²) < 4.78 is 20.3. The fraction of sp³-hybridized carbons (Fsp3) is 0.0606. The summed E-state index contributed by atoms with van der Waals surface area (Å²) in [4.78, 5) is 5.01. The van der Waals surface area contributed by atoms with Gasteiger partial charge < -0.3 is 19.3 Å². The highest BCUT2D eigenvalue weighted by Crippen LogP contribution is 2.69. The van der Waals surface area contributed by atoms with Gasteiger partial charge in [0.1, 0.15) is 23.0 Å². The fourth-order valence-corrected chi connectivity index (χ4v) is 28.2. The summed E-state index contributed by atoms with van der Waals surface area (Å²) in [5.41, 5.74) is 36.8. The normalized spacial score (nSPS) is 15.1. The second kappa shape index (κ2) is 28.6. The zero-order valence-electron chi connectivity index (χ0n) is 76.1. The molecule has 1 unspecified atom stereocenters. The van der Waals surface area contributed by atoms with Crippen LogP contribution in [0.2, 0.25) is 0 Å². The molecule has 6 heteroatoms. The molecule has 1 atom stereocenters. The zero-order valence-corrected chi connectivity index (χ0v) is 77.7. The Hall–Kier alpha value is -16.5. The Bertz CT molecular complexity index is 9430. The molecule has 2 aromatic heterocycles. The third-order valence-corrected chi connectivity index (χ3v) is 34.3. The average Bonchev–Trinajstić information content (AvgIpc) is 1.47. The van der Waals surface area contributed by atoms with E-state index < -0.39 is 10.8 Å². The molecule has 138 heavy (non-hydrogen) atoms. The van der Waals surface area contributed by atoms with Gasteiger partial charge in [-0.25, -0.2) is 0 Å². The number of nitrogens with zero attached hydrogens (tertiary/aromatic N) is 2. The minimum Gasteiger partial charge on any atom is -0.455 e. The van der Waals surface area contributed by atoms with Crippen LogP contribution in [0.5, 0.6) is 23.0 Å². The minimum absolute atomic E-state index is 0.123. The van der Waals surface area contributed by atoms with E-state index in [2.05, 4.69) is 474 Å². The Morgan fingerprint density at radius 3 is 1.10 bits per heavy atom. The zero-order chi connectivity index (χ0) is 90.9. The van der Waals surface area contributed by atoms with E-state index in [1.54, 1.807) is 0 Å². The van der Waals surface area contributed by atoms with Crippen molar-refractivity contribution >= 4 is 140 Å². The van der Waals surface area contributed by atoms with Gasteiger partial charge in [-0.05, 0) is 235 Å². The van der Waals surface area contributed by atoms with Crippen LogP contribution in [0.25, 0.3) is 161 Å². The Labute approximate surface area is 807 Å². The topological polar surface area (TPSA) is 24.9 Å². The van der Waals surface area contributed by atoms with E-state index in [0.717, 1.165) is 139 Å². The van der Waals surface area contributed by atoms with Crippen molar-refractivity contribution in [2.75, 3.05) is 9.80 Å². The number of anilines is 6. The monoisotopic (exact) mass is 1790 g/mol. The predicted molar refractivity (Wildman–Crippen MR) is 578 cm³/mol. The van der Waals surface area contributed by atoms with Crippen LogP contribution in [-0.2, 0) is 21.7 Å². The van der Waals surface area contributed by atoms with Gasteiger partial charge in [-0.1, -0.05) is 373 Å². The molecule has 2 spiro atoms. The van der Waals surface area contributed by atoms with Gasteiger partial charge in [-0.3, -0.25) is 0 Å². The summed E-state index contributed by atoms with van der Waals surface area (Å²) in [5, 5.41) is 13.9. The minimum atomic E-state index is -0.788. The first-order valence-electron chi connectivity index (χ1n) is 48.1. The first kappa shape index (κ1) is 77.9. The number of hydrogen-bond donors (Lipinski definition) is 0. The number of benzene rings is 22. The van der Waals surface area contributed by atoms with Gasteiger partial charge in [-0.2, -0.15) is 0 Å². The van der Waals surface area contributed by atoms with Gasteiger partial charge in [0.2, 0.25) is 0 Å². The van der Waals surface area contributed by atoms with E-state index in [0.29, 0.717) is 0 Å². The first-order valence-corrected chi connectivity index (χ1v) is 49.7. The number of ether oxygens (including phenoxy) is 2. The molecule has 0 fully saturated rings. The molecule has 0 saturated carbocycles. The van der Waals surface area contributed by atoms with Crippen molar-refractivity contribution in [1.82, 2.24) is 0 Å². The highest BCUT2D eigenvalue weighted by atomic mass is 32.1. The van der Waals surface area contributed by atoms with Crippen LogP contribution in [0, 0.1) is 0 Å². The smallest absolute Gasteiger partial charge is 0.140 e. The molecule has 0 saturated heterocycles. The Balaban J connectivity index is 0.561. The van der Waals surface area contributed by atoms with E-state index >= 15 is 0 Å². The second-order valence-electron chi connectivity index (χ2n) is 39.4. The third kappa shape index (κ3) is 10.5. The lowest BCUT2D eigenvalue weighted by Crippen LogP contribution is -2.32. The Morgan fingerprint density at radius 2 is 0.558 bits per heavy atom. The van der Waals surface area contributed by atoms with Crippen LogP contribution in [-0.4, -0.2) is 0 Å². The lowest BCUT2D eigenvalue weighted by Gasteiger charge is -2.40. The van der Waals surface area contributed by atoms with Gasteiger partial charge in [0.05, 0.1) is 16.5 Å². The molecule has 646 valence electrons. The Kier molecular flexibility index (Phi) is 16.1. The van der Waals surface area contributed by atoms with Crippen LogP contribution in [0.1, 0.15) is 94.5 Å². The molecule has 24 aromatic rings. The number of fused-ring (bicyclic) bond motifs is 38. The molecule has 0 N–H and O–H groups in total. The number of rotatable bonds is 9. The molecule has 0 amide bonds. The van der Waals surface area contributed by atoms with Crippen molar-refractivity contribution in [1.29, 1.82) is 0 Å². The summed E-state index contributed by atoms with van der Waals surface area (Å²) in [6.45, 7) is 9.49. The van der Waals surface area contributed by atoms with Gasteiger partial charge >= 0.3 is 0 Å². The molecule has 0 radical (unpaired) electrons. The number of hydrogen-bond acceptors (Lipinski definition) is 6. The maximum Gasteiger partial charge on any atom is 0.140 e. The van der Waals surface area contributed by atoms with E-state index in [-0.39, 0.29) is 10.8 Å². The molecule has 30 rings (SSSR count). The maximum absolute atomic E-state index is 7.87.